The third-order valence-electron chi connectivity index (χ3n) is 2.50. The number of nitrogens with zero attached hydrogens (tertiary/aromatic N) is 2. The Bertz CT molecular complexity index is 297. The van der Waals surface area contributed by atoms with Crippen LogP contribution in [0.5, 0.6) is 0 Å². The summed E-state index contributed by atoms with van der Waals surface area (Å²) < 4.78 is 0. The average Bonchev–Trinajstić information content (AvgIpc) is 2.58. The van der Waals surface area contributed by atoms with Crippen LogP contribution in [0.2, 0.25) is 0 Å². The second kappa shape index (κ2) is 3.36. The molecule has 1 saturated heterocycles. The van der Waals surface area contributed by atoms with Gasteiger partial charge in [-0.15, -0.1) is 11.3 Å². The molecule has 1 fully saturated rings. The van der Waals surface area contributed by atoms with Crippen molar-refractivity contribution in [1.29, 1.82) is 0 Å². The van der Waals surface area contributed by atoms with Gasteiger partial charge in [-0.25, -0.2) is 4.98 Å². The molecule has 2 rings (SSSR count). The van der Waals surface area contributed by atoms with E-state index in [0.29, 0.717) is 5.92 Å². The van der Waals surface area contributed by atoms with E-state index in [1.165, 1.54) is 5.01 Å². The summed E-state index contributed by atoms with van der Waals surface area (Å²) in [5.41, 5.74) is 7.15. The van der Waals surface area contributed by atoms with Crippen molar-refractivity contribution in [2.24, 2.45) is 5.73 Å². The Balaban J connectivity index is 2.17. The topological polar surface area (TPSA) is 42.1 Å². The first-order chi connectivity index (χ1) is 6.16. The average molecular weight is 197 g/mol. The zero-order chi connectivity index (χ0) is 9.42. The van der Waals surface area contributed by atoms with E-state index in [0.717, 1.165) is 18.8 Å². The molecule has 1 aliphatic heterocycles. The Morgan fingerprint density at radius 3 is 2.85 bits per heavy atom. The smallest absolute Gasteiger partial charge is 0.0988 e. The predicted molar refractivity (Wildman–Crippen MR) is 55.1 cm³/mol. The summed E-state index contributed by atoms with van der Waals surface area (Å²) >= 11 is 1.73. The number of likely N-dealkylation sites (N-methyl/N-ethyl adjacent to an activating group) is 1. The summed E-state index contributed by atoms with van der Waals surface area (Å²) in [5.74, 6) is 0.448. The molecule has 1 aliphatic rings. The van der Waals surface area contributed by atoms with Gasteiger partial charge in [0.2, 0.25) is 0 Å². The zero-order valence-corrected chi connectivity index (χ0v) is 8.84. The van der Waals surface area contributed by atoms with E-state index in [9.17, 15) is 0 Å². The van der Waals surface area contributed by atoms with Crippen LogP contribution in [0.1, 0.15) is 16.6 Å². The fourth-order valence-corrected chi connectivity index (χ4v) is 2.80. The number of aromatic nitrogens is 1. The molecule has 0 bridgehead atoms. The van der Waals surface area contributed by atoms with E-state index in [-0.39, 0.29) is 6.04 Å². The lowest BCUT2D eigenvalue weighted by Crippen LogP contribution is -2.27. The number of thiazole rings is 1. The van der Waals surface area contributed by atoms with Crippen molar-refractivity contribution in [3.8, 4) is 0 Å². The Morgan fingerprint density at radius 1 is 1.62 bits per heavy atom. The third kappa shape index (κ3) is 1.75. The summed E-state index contributed by atoms with van der Waals surface area (Å²) in [6.07, 6.45) is 0. The fraction of sp³-hybridized carbons (Fsp3) is 0.667. The van der Waals surface area contributed by atoms with Crippen LogP contribution < -0.4 is 5.73 Å². The van der Waals surface area contributed by atoms with Gasteiger partial charge in [0, 0.05) is 36.1 Å². The number of hydrogen-bond donors (Lipinski definition) is 1. The molecule has 0 aliphatic carbocycles. The van der Waals surface area contributed by atoms with Gasteiger partial charge in [-0.05, 0) is 14.0 Å². The minimum Gasteiger partial charge on any atom is -0.326 e. The zero-order valence-electron chi connectivity index (χ0n) is 8.03. The van der Waals surface area contributed by atoms with Crippen LogP contribution in [0.4, 0.5) is 0 Å². The third-order valence-corrected chi connectivity index (χ3v) is 3.60. The first kappa shape index (κ1) is 9.12. The molecule has 0 radical (unpaired) electrons. The number of likely N-dealkylation sites (tertiary alicyclic amines) is 1. The quantitative estimate of drug-likeness (QED) is 0.724. The maximum absolute atomic E-state index is 6.04. The van der Waals surface area contributed by atoms with Crippen molar-refractivity contribution < 1.29 is 0 Å². The molecule has 0 aromatic carbocycles. The Labute approximate surface area is 82.6 Å². The molecule has 72 valence electrons. The maximum Gasteiger partial charge on any atom is 0.0988 e. The normalized spacial score (nSPS) is 29.8. The van der Waals surface area contributed by atoms with Gasteiger partial charge in [-0.1, -0.05) is 0 Å². The molecular weight excluding hydrogens is 182 g/mol. The predicted octanol–water partition coefficient (Wildman–Crippen LogP) is 0.808. The molecule has 2 N–H and O–H groups in total. The molecular formula is C9H15N3S. The molecule has 1 aromatic heterocycles. The van der Waals surface area contributed by atoms with Crippen LogP contribution in [0, 0.1) is 6.92 Å². The van der Waals surface area contributed by atoms with Gasteiger partial charge >= 0.3 is 0 Å². The molecule has 3 nitrogen and oxygen atoms in total. The molecule has 4 heteroatoms. The van der Waals surface area contributed by atoms with Crippen LogP contribution in [-0.2, 0) is 0 Å². The molecule has 0 unspecified atom stereocenters. The molecule has 0 saturated carbocycles. The van der Waals surface area contributed by atoms with Gasteiger partial charge in [0.15, 0.2) is 0 Å². The van der Waals surface area contributed by atoms with E-state index in [1.54, 1.807) is 11.3 Å². The van der Waals surface area contributed by atoms with Crippen molar-refractivity contribution in [3.63, 3.8) is 0 Å². The lowest BCUT2D eigenvalue weighted by atomic mass is 10.1. The van der Waals surface area contributed by atoms with E-state index in [1.807, 2.05) is 6.92 Å². The van der Waals surface area contributed by atoms with E-state index >= 15 is 0 Å². The monoisotopic (exact) mass is 197 g/mol. The highest BCUT2D eigenvalue weighted by molar-refractivity contribution is 7.09. The van der Waals surface area contributed by atoms with Gasteiger partial charge in [0.25, 0.3) is 0 Å². The first-order valence-corrected chi connectivity index (χ1v) is 5.41. The van der Waals surface area contributed by atoms with Crippen molar-refractivity contribution in [3.05, 3.63) is 16.1 Å². The van der Waals surface area contributed by atoms with Crippen molar-refractivity contribution in [2.45, 2.75) is 18.9 Å². The molecule has 2 atom stereocenters. The van der Waals surface area contributed by atoms with Crippen molar-refractivity contribution in [1.82, 2.24) is 9.88 Å². The Hall–Kier alpha value is -0.450. The van der Waals surface area contributed by atoms with E-state index in [2.05, 4.69) is 22.3 Å². The van der Waals surface area contributed by atoms with Gasteiger partial charge in [0.1, 0.15) is 0 Å². The first-order valence-electron chi connectivity index (χ1n) is 4.53. The van der Waals surface area contributed by atoms with Crippen LogP contribution in [-0.4, -0.2) is 36.1 Å². The van der Waals surface area contributed by atoms with Gasteiger partial charge < -0.3 is 10.6 Å². The SMILES string of the molecule is Cc1csc([C@@H]2CN(C)C[C@H]2N)n1. The van der Waals surface area contributed by atoms with Crippen molar-refractivity contribution in [2.75, 3.05) is 20.1 Å². The summed E-state index contributed by atoms with van der Waals surface area (Å²) in [6, 6.07) is 0.260. The minimum atomic E-state index is 0.260. The largest absolute Gasteiger partial charge is 0.326 e. The second-order valence-corrected chi connectivity index (χ2v) is 4.71. The highest BCUT2D eigenvalue weighted by atomic mass is 32.1. The van der Waals surface area contributed by atoms with Gasteiger partial charge in [-0.3, -0.25) is 0 Å². The second-order valence-electron chi connectivity index (χ2n) is 3.82. The summed E-state index contributed by atoms with van der Waals surface area (Å²) in [4.78, 5) is 6.76. The summed E-state index contributed by atoms with van der Waals surface area (Å²) in [5, 5.41) is 3.30. The molecule has 13 heavy (non-hydrogen) atoms. The highest BCUT2D eigenvalue weighted by Crippen LogP contribution is 2.27. The molecule has 2 heterocycles. The van der Waals surface area contributed by atoms with Crippen molar-refractivity contribution >= 4 is 11.3 Å². The van der Waals surface area contributed by atoms with Gasteiger partial charge in [0.05, 0.1) is 5.01 Å². The standard InChI is InChI=1S/C9H15N3S/c1-6-5-13-9(11-6)7-3-12(2)4-8(7)10/h5,7-8H,3-4,10H2,1-2H3/t7-,8-/m1/s1. The van der Waals surface area contributed by atoms with Crippen LogP contribution >= 0.6 is 11.3 Å². The number of rotatable bonds is 1. The maximum atomic E-state index is 6.04. The summed E-state index contributed by atoms with van der Waals surface area (Å²) in [6.45, 7) is 4.07. The molecule has 1 aromatic rings. The lowest BCUT2D eigenvalue weighted by molar-refractivity contribution is 0.407. The Morgan fingerprint density at radius 2 is 2.38 bits per heavy atom. The minimum absolute atomic E-state index is 0.260. The highest BCUT2D eigenvalue weighted by Gasteiger charge is 2.30. The molecule has 0 amide bonds. The van der Waals surface area contributed by atoms with Crippen LogP contribution in [0.3, 0.4) is 0 Å². The number of hydrogen-bond acceptors (Lipinski definition) is 4. The van der Waals surface area contributed by atoms with Crippen LogP contribution in [0.25, 0.3) is 0 Å². The van der Waals surface area contributed by atoms with E-state index in [4.69, 9.17) is 5.73 Å². The molecule has 0 spiro atoms. The number of nitrogens with two attached hydrogens (primary N) is 1. The number of aryl methyl sites for hydroxylation is 1. The summed E-state index contributed by atoms with van der Waals surface area (Å²) in [7, 11) is 2.11. The van der Waals surface area contributed by atoms with Gasteiger partial charge in [-0.2, -0.15) is 0 Å². The lowest BCUT2D eigenvalue weighted by Gasteiger charge is -2.09. The van der Waals surface area contributed by atoms with Crippen LogP contribution in [0.15, 0.2) is 5.38 Å². The van der Waals surface area contributed by atoms with E-state index < -0.39 is 0 Å². The fourth-order valence-electron chi connectivity index (χ4n) is 1.84. The Kier molecular flexibility index (Phi) is 2.36.